The van der Waals surface area contributed by atoms with Gasteiger partial charge in [-0.3, -0.25) is 0 Å². The number of hydrogen-bond donors (Lipinski definition) is 1. The maximum absolute atomic E-state index is 10.8. The maximum atomic E-state index is 10.8. The summed E-state index contributed by atoms with van der Waals surface area (Å²) in [6.45, 7) is 4.58. The molecule has 0 amide bonds. The lowest BCUT2D eigenvalue weighted by molar-refractivity contribution is 0.0697. The molecule has 2 fully saturated rings. The van der Waals surface area contributed by atoms with Crippen molar-refractivity contribution in [3.05, 3.63) is 29.8 Å². The van der Waals surface area contributed by atoms with Crippen LogP contribution in [0.2, 0.25) is 0 Å². The van der Waals surface area contributed by atoms with Crippen molar-refractivity contribution in [1.82, 2.24) is 4.90 Å². The molecule has 0 radical (unpaired) electrons. The highest BCUT2D eigenvalue weighted by Crippen LogP contribution is 2.33. The van der Waals surface area contributed by atoms with E-state index in [0.29, 0.717) is 5.56 Å². The zero-order chi connectivity index (χ0) is 12.7. The van der Waals surface area contributed by atoms with Crippen LogP contribution in [-0.4, -0.2) is 49.2 Å². The van der Waals surface area contributed by atoms with Crippen LogP contribution >= 0.6 is 0 Å². The molecule has 4 heteroatoms. The Morgan fingerprint density at radius 1 is 1.11 bits per heavy atom. The number of likely N-dealkylation sites (tertiary alicyclic amines) is 1. The molecule has 1 N–H and O–H groups in total. The van der Waals surface area contributed by atoms with Crippen molar-refractivity contribution in [2.45, 2.75) is 0 Å². The molecule has 1 aromatic rings. The lowest BCUT2D eigenvalue weighted by Gasteiger charge is -2.21. The number of carboxylic acids is 1. The molecule has 0 bridgehead atoms. The Morgan fingerprint density at radius 3 is 2.17 bits per heavy atom. The number of anilines is 1. The van der Waals surface area contributed by atoms with Crippen molar-refractivity contribution >= 4 is 11.7 Å². The monoisotopic (exact) mass is 246 g/mol. The summed E-state index contributed by atoms with van der Waals surface area (Å²) < 4.78 is 0. The van der Waals surface area contributed by atoms with Crippen LogP contribution in [0.1, 0.15) is 10.4 Å². The van der Waals surface area contributed by atoms with Gasteiger partial charge in [0.25, 0.3) is 0 Å². The van der Waals surface area contributed by atoms with E-state index in [9.17, 15) is 4.79 Å². The molecule has 0 aromatic heterocycles. The first-order chi connectivity index (χ1) is 8.63. The van der Waals surface area contributed by atoms with Crippen molar-refractivity contribution in [2.24, 2.45) is 11.8 Å². The zero-order valence-corrected chi connectivity index (χ0v) is 10.5. The Kier molecular flexibility index (Phi) is 2.74. The lowest BCUT2D eigenvalue weighted by atomic mass is 10.0. The molecule has 3 rings (SSSR count). The Bertz CT molecular complexity index is 443. The highest BCUT2D eigenvalue weighted by molar-refractivity contribution is 5.88. The molecule has 0 spiro atoms. The second-order valence-corrected chi connectivity index (χ2v) is 5.50. The number of benzene rings is 1. The fourth-order valence-corrected chi connectivity index (χ4v) is 3.25. The van der Waals surface area contributed by atoms with Crippen molar-refractivity contribution in [3.8, 4) is 0 Å². The van der Waals surface area contributed by atoms with E-state index in [-0.39, 0.29) is 0 Å². The minimum Gasteiger partial charge on any atom is -0.478 e. The maximum Gasteiger partial charge on any atom is 0.335 e. The minimum absolute atomic E-state index is 0.359. The molecule has 2 aliphatic rings. The van der Waals surface area contributed by atoms with E-state index in [1.54, 1.807) is 12.1 Å². The molecule has 0 saturated carbocycles. The summed E-state index contributed by atoms with van der Waals surface area (Å²) in [6, 6.07) is 7.23. The molecule has 0 aliphatic carbocycles. The first-order valence-corrected chi connectivity index (χ1v) is 6.40. The van der Waals surface area contributed by atoms with Gasteiger partial charge in [0.15, 0.2) is 0 Å². The predicted octanol–water partition coefficient (Wildman–Crippen LogP) is 1.38. The van der Waals surface area contributed by atoms with E-state index in [0.717, 1.165) is 30.6 Å². The summed E-state index contributed by atoms with van der Waals surface area (Å²) in [5.41, 5.74) is 1.51. The molecule has 4 nitrogen and oxygen atoms in total. The second-order valence-electron chi connectivity index (χ2n) is 5.50. The van der Waals surface area contributed by atoms with Gasteiger partial charge in [0, 0.05) is 31.9 Å². The van der Waals surface area contributed by atoms with E-state index in [2.05, 4.69) is 16.8 Å². The molecule has 2 aliphatic heterocycles. The van der Waals surface area contributed by atoms with Crippen molar-refractivity contribution in [3.63, 3.8) is 0 Å². The van der Waals surface area contributed by atoms with Gasteiger partial charge in [-0.1, -0.05) is 0 Å². The summed E-state index contributed by atoms with van der Waals surface area (Å²) in [4.78, 5) is 15.6. The summed E-state index contributed by atoms with van der Waals surface area (Å²) >= 11 is 0. The third-order valence-electron chi connectivity index (χ3n) is 4.15. The van der Waals surface area contributed by atoms with E-state index < -0.39 is 5.97 Å². The fraction of sp³-hybridized carbons (Fsp3) is 0.500. The number of fused-ring (bicyclic) bond motifs is 1. The second kappa shape index (κ2) is 4.28. The van der Waals surface area contributed by atoms with Gasteiger partial charge in [-0.25, -0.2) is 4.79 Å². The summed E-state index contributed by atoms with van der Waals surface area (Å²) in [5.74, 6) is 0.685. The number of hydrogen-bond acceptors (Lipinski definition) is 3. The van der Waals surface area contributed by atoms with Gasteiger partial charge in [-0.2, -0.15) is 0 Å². The average Bonchev–Trinajstić information content (AvgIpc) is 2.86. The quantitative estimate of drug-likeness (QED) is 0.856. The van der Waals surface area contributed by atoms with Crippen LogP contribution in [0.25, 0.3) is 0 Å². The molecular formula is C14H18N2O2. The first-order valence-electron chi connectivity index (χ1n) is 6.40. The van der Waals surface area contributed by atoms with Crippen LogP contribution in [0.3, 0.4) is 0 Å². The fourth-order valence-electron chi connectivity index (χ4n) is 3.25. The van der Waals surface area contributed by atoms with Crippen LogP contribution in [0.15, 0.2) is 24.3 Å². The largest absolute Gasteiger partial charge is 0.478 e. The van der Waals surface area contributed by atoms with Crippen molar-refractivity contribution in [1.29, 1.82) is 0 Å². The number of nitrogens with zero attached hydrogens (tertiary/aromatic N) is 2. The Balaban J connectivity index is 1.72. The van der Waals surface area contributed by atoms with Gasteiger partial charge in [-0.15, -0.1) is 0 Å². The summed E-state index contributed by atoms with van der Waals surface area (Å²) in [6.07, 6.45) is 0. The summed E-state index contributed by atoms with van der Waals surface area (Å²) in [5, 5.41) is 8.88. The Morgan fingerprint density at radius 2 is 1.67 bits per heavy atom. The Hall–Kier alpha value is -1.55. The van der Waals surface area contributed by atoms with Crippen LogP contribution in [-0.2, 0) is 0 Å². The van der Waals surface area contributed by atoms with E-state index in [4.69, 9.17) is 5.11 Å². The van der Waals surface area contributed by atoms with E-state index in [1.165, 1.54) is 13.1 Å². The molecule has 18 heavy (non-hydrogen) atoms. The molecule has 2 heterocycles. The molecule has 2 atom stereocenters. The predicted molar refractivity (Wildman–Crippen MR) is 70.1 cm³/mol. The zero-order valence-electron chi connectivity index (χ0n) is 10.5. The lowest BCUT2D eigenvalue weighted by Crippen LogP contribution is -2.26. The standard InChI is InChI=1S/C14H18N2O2/c1-15-6-11-8-16(9-12(11)7-15)13-4-2-10(3-5-13)14(17)18/h2-5,11-12H,6-9H2,1H3,(H,17,18). The molecular weight excluding hydrogens is 228 g/mol. The van der Waals surface area contributed by atoms with Crippen LogP contribution in [0.5, 0.6) is 0 Å². The highest BCUT2D eigenvalue weighted by Gasteiger charge is 2.38. The van der Waals surface area contributed by atoms with Gasteiger partial charge in [0.1, 0.15) is 0 Å². The summed E-state index contributed by atoms with van der Waals surface area (Å²) in [7, 11) is 2.18. The van der Waals surface area contributed by atoms with Gasteiger partial charge in [0.2, 0.25) is 0 Å². The number of aromatic carboxylic acids is 1. The highest BCUT2D eigenvalue weighted by atomic mass is 16.4. The van der Waals surface area contributed by atoms with Gasteiger partial charge < -0.3 is 14.9 Å². The SMILES string of the molecule is CN1CC2CN(c3ccc(C(=O)O)cc3)CC2C1. The molecule has 96 valence electrons. The molecule has 2 unspecified atom stereocenters. The normalized spacial score (nSPS) is 27.5. The van der Waals surface area contributed by atoms with Gasteiger partial charge >= 0.3 is 5.97 Å². The minimum atomic E-state index is -0.860. The van der Waals surface area contributed by atoms with Crippen LogP contribution in [0, 0.1) is 11.8 Å². The van der Waals surface area contributed by atoms with Crippen molar-refractivity contribution < 1.29 is 9.90 Å². The van der Waals surface area contributed by atoms with Crippen LogP contribution in [0.4, 0.5) is 5.69 Å². The Labute approximate surface area is 107 Å². The number of carbonyl (C=O) groups is 1. The van der Waals surface area contributed by atoms with Crippen LogP contribution < -0.4 is 4.90 Å². The molecule has 2 saturated heterocycles. The average molecular weight is 246 g/mol. The number of carboxylic acid groups (broad SMARTS) is 1. The third kappa shape index (κ3) is 1.97. The van der Waals surface area contributed by atoms with Gasteiger partial charge in [0.05, 0.1) is 5.56 Å². The smallest absolute Gasteiger partial charge is 0.335 e. The van der Waals surface area contributed by atoms with Crippen molar-refractivity contribution in [2.75, 3.05) is 38.1 Å². The topological polar surface area (TPSA) is 43.8 Å². The van der Waals surface area contributed by atoms with E-state index in [1.807, 2.05) is 12.1 Å². The third-order valence-corrected chi connectivity index (χ3v) is 4.15. The molecule has 1 aromatic carbocycles. The van der Waals surface area contributed by atoms with Gasteiger partial charge in [-0.05, 0) is 43.1 Å². The first kappa shape index (κ1) is 11.5. The van der Waals surface area contributed by atoms with E-state index >= 15 is 0 Å². The number of rotatable bonds is 2.